The molecule has 3 aliphatic rings. The lowest BCUT2D eigenvalue weighted by Crippen LogP contribution is -2.31. The Hall–Kier alpha value is -0.380. The predicted molar refractivity (Wildman–Crippen MR) is 75.7 cm³/mol. The SMILES string of the molecule is c1cc(CN2CC3CCC2C3)sc1CNC1CC1. The van der Waals surface area contributed by atoms with Gasteiger partial charge in [0.15, 0.2) is 0 Å². The number of thiophene rings is 1. The largest absolute Gasteiger partial charge is 0.309 e. The van der Waals surface area contributed by atoms with Crippen LogP contribution in [0.5, 0.6) is 0 Å². The van der Waals surface area contributed by atoms with Gasteiger partial charge in [-0.2, -0.15) is 0 Å². The molecule has 3 fully saturated rings. The topological polar surface area (TPSA) is 15.3 Å². The Morgan fingerprint density at radius 2 is 2.06 bits per heavy atom. The summed E-state index contributed by atoms with van der Waals surface area (Å²) < 4.78 is 0. The monoisotopic (exact) mass is 262 g/mol. The van der Waals surface area contributed by atoms with E-state index in [2.05, 4.69) is 22.3 Å². The van der Waals surface area contributed by atoms with E-state index >= 15 is 0 Å². The number of fused-ring (bicyclic) bond motifs is 2. The van der Waals surface area contributed by atoms with Crippen molar-refractivity contribution < 1.29 is 0 Å². The van der Waals surface area contributed by atoms with Crippen molar-refractivity contribution in [1.29, 1.82) is 0 Å². The summed E-state index contributed by atoms with van der Waals surface area (Å²) in [6.45, 7) is 3.65. The second-order valence-electron chi connectivity index (χ2n) is 6.29. The van der Waals surface area contributed by atoms with Crippen LogP contribution in [0.1, 0.15) is 41.9 Å². The third-order valence-corrected chi connectivity index (χ3v) is 5.81. The highest BCUT2D eigenvalue weighted by Gasteiger charge is 2.37. The molecule has 1 aliphatic heterocycles. The Morgan fingerprint density at radius 1 is 1.17 bits per heavy atom. The first-order valence-electron chi connectivity index (χ1n) is 7.42. The van der Waals surface area contributed by atoms with Crippen molar-refractivity contribution >= 4 is 11.3 Å². The average molecular weight is 262 g/mol. The maximum Gasteiger partial charge on any atom is 0.0331 e. The molecule has 1 saturated heterocycles. The lowest BCUT2D eigenvalue weighted by Gasteiger charge is -2.25. The first-order chi connectivity index (χ1) is 8.87. The van der Waals surface area contributed by atoms with E-state index in [-0.39, 0.29) is 0 Å². The van der Waals surface area contributed by atoms with Crippen molar-refractivity contribution in [2.24, 2.45) is 5.92 Å². The number of hydrogen-bond donors (Lipinski definition) is 1. The van der Waals surface area contributed by atoms with Gasteiger partial charge >= 0.3 is 0 Å². The maximum atomic E-state index is 3.60. The summed E-state index contributed by atoms with van der Waals surface area (Å²) in [6.07, 6.45) is 7.18. The molecule has 18 heavy (non-hydrogen) atoms. The predicted octanol–water partition coefficient (Wildman–Crippen LogP) is 2.98. The van der Waals surface area contributed by atoms with Crippen molar-refractivity contribution in [3.8, 4) is 0 Å². The zero-order chi connectivity index (χ0) is 11.9. The Bertz CT molecular complexity index is 424. The van der Waals surface area contributed by atoms with E-state index in [0.717, 1.165) is 24.5 Å². The van der Waals surface area contributed by atoms with Gasteiger partial charge in [0.2, 0.25) is 0 Å². The van der Waals surface area contributed by atoms with Crippen LogP contribution in [0.4, 0.5) is 0 Å². The zero-order valence-corrected chi connectivity index (χ0v) is 11.7. The molecular weight excluding hydrogens is 240 g/mol. The van der Waals surface area contributed by atoms with Crippen LogP contribution in [0, 0.1) is 5.92 Å². The lowest BCUT2D eigenvalue weighted by molar-refractivity contribution is 0.207. The van der Waals surface area contributed by atoms with Gasteiger partial charge in [0.05, 0.1) is 0 Å². The summed E-state index contributed by atoms with van der Waals surface area (Å²) in [5.41, 5.74) is 0. The third-order valence-electron chi connectivity index (χ3n) is 4.74. The number of likely N-dealkylation sites (tertiary alicyclic amines) is 1. The quantitative estimate of drug-likeness (QED) is 0.877. The molecule has 1 aromatic rings. The molecule has 2 unspecified atom stereocenters. The van der Waals surface area contributed by atoms with Crippen LogP contribution in [-0.2, 0) is 13.1 Å². The van der Waals surface area contributed by atoms with Crippen molar-refractivity contribution in [2.45, 2.75) is 57.3 Å². The van der Waals surface area contributed by atoms with Crippen LogP contribution in [0.15, 0.2) is 12.1 Å². The van der Waals surface area contributed by atoms with Gasteiger partial charge in [0, 0.05) is 41.5 Å². The molecule has 2 nitrogen and oxygen atoms in total. The van der Waals surface area contributed by atoms with Crippen molar-refractivity contribution in [1.82, 2.24) is 10.2 Å². The summed E-state index contributed by atoms with van der Waals surface area (Å²) in [4.78, 5) is 5.80. The number of piperidine rings is 1. The second kappa shape index (κ2) is 4.62. The minimum atomic E-state index is 0.824. The van der Waals surface area contributed by atoms with Crippen LogP contribution in [0.25, 0.3) is 0 Å². The Labute approximate surface area is 113 Å². The van der Waals surface area contributed by atoms with E-state index in [9.17, 15) is 0 Å². The van der Waals surface area contributed by atoms with Crippen LogP contribution < -0.4 is 5.32 Å². The number of rotatable bonds is 5. The van der Waals surface area contributed by atoms with Gasteiger partial charge in [0.25, 0.3) is 0 Å². The van der Waals surface area contributed by atoms with Crippen LogP contribution in [-0.4, -0.2) is 23.5 Å². The van der Waals surface area contributed by atoms with Gasteiger partial charge in [-0.25, -0.2) is 0 Å². The van der Waals surface area contributed by atoms with E-state index in [1.807, 2.05) is 11.3 Å². The van der Waals surface area contributed by atoms with E-state index in [4.69, 9.17) is 0 Å². The van der Waals surface area contributed by atoms with Gasteiger partial charge in [-0.15, -0.1) is 11.3 Å². The van der Waals surface area contributed by atoms with Gasteiger partial charge in [0.1, 0.15) is 0 Å². The fourth-order valence-electron chi connectivity index (χ4n) is 3.56. The highest BCUT2D eigenvalue weighted by Crippen LogP contribution is 2.38. The standard InChI is InChI=1S/C15H22N2S/c1-4-13-7-11(1)9-17(13)10-15-6-5-14(18-15)8-16-12-2-3-12/h5-6,11-13,16H,1-4,7-10H2. The molecule has 2 atom stereocenters. The molecule has 2 saturated carbocycles. The summed E-state index contributed by atoms with van der Waals surface area (Å²) in [5.74, 6) is 1.02. The summed E-state index contributed by atoms with van der Waals surface area (Å²) in [5, 5.41) is 3.60. The van der Waals surface area contributed by atoms with Crippen molar-refractivity contribution in [3.05, 3.63) is 21.9 Å². The van der Waals surface area contributed by atoms with Crippen molar-refractivity contribution in [2.75, 3.05) is 6.54 Å². The molecule has 2 aliphatic carbocycles. The van der Waals surface area contributed by atoms with Gasteiger partial charge in [-0.05, 0) is 50.2 Å². The first-order valence-corrected chi connectivity index (χ1v) is 8.23. The fourth-order valence-corrected chi connectivity index (χ4v) is 4.55. The smallest absolute Gasteiger partial charge is 0.0331 e. The molecular formula is C15H22N2S. The summed E-state index contributed by atoms with van der Waals surface area (Å²) in [7, 11) is 0. The Kier molecular flexibility index (Phi) is 2.94. The van der Waals surface area contributed by atoms with Gasteiger partial charge in [-0.3, -0.25) is 4.90 Å². The molecule has 2 heterocycles. The molecule has 0 amide bonds. The Morgan fingerprint density at radius 3 is 2.78 bits per heavy atom. The molecule has 0 aromatic carbocycles. The van der Waals surface area contributed by atoms with E-state index in [0.29, 0.717) is 0 Å². The fraction of sp³-hybridized carbons (Fsp3) is 0.733. The lowest BCUT2D eigenvalue weighted by atomic mass is 10.1. The summed E-state index contributed by atoms with van der Waals surface area (Å²) in [6, 6.07) is 6.40. The highest BCUT2D eigenvalue weighted by molar-refractivity contribution is 7.11. The zero-order valence-electron chi connectivity index (χ0n) is 10.9. The normalized spacial score (nSPS) is 31.3. The van der Waals surface area contributed by atoms with Gasteiger partial charge in [-0.1, -0.05) is 0 Å². The van der Waals surface area contributed by atoms with Crippen LogP contribution in [0.3, 0.4) is 0 Å². The molecule has 4 rings (SSSR count). The average Bonchev–Trinajstić information content (AvgIpc) is 2.78. The molecule has 0 radical (unpaired) electrons. The van der Waals surface area contributed by atoms with Crippen LogP contribution >= 0.6 is 11.3 Å². The van der Waals surface area contributed by atoms with E-state index in [1.165, 1.54) is 50.1 Å². The Balaban J connectivity index is 1.33. The molecule has 1 aromatic heterocycles. The maximum absolute atomic E-state index is 3.60. The second-order valence-corrected chi connectivity index (χ2v) is 7.54. The molecule has 2 bridgehead atoms. The first kappa shape index (κ1) is 11.4. The number of hydrogen-bond acceptors (Lipinski definition) is 3. The van der Waals surface area contributed by atoms with Crippen molar-refractivity contribution in [3.63, 3.8) is 0 Å². The molecule has 0 spiro atoms. The number of nitrogens with one attached hydrogen (secondary N) is 1. The molecule has 98 valence electrons. The van der Waals surface area contributed by atoms with Gasteiger partial charge < -0.3 is 5.32 Å². The third kappa shape index (κ3) is 2.36. The molecule has 1 N–H and O–H groups in total. The molecule has 3 heteroatoms. The van der Waals surface area contributed by atoms with E-state index < -0.39 is 0 Å². The van der Waals surface area contributed by atoms with E-state index in [1.54, 1.807) is 4.88 Å². The minimum Gasteiger partial charge on any atom is -0.309 e. The van der Waals surface area contributed by atoms with Crippen LogP contribution in [0.2, 0.25) is 0 Å². The summed E-state index contributed by atoms with van der Waals surface area (Å²) >= 11 is 2.01. The highest BCUT2D eigenvalue weighted by atomic mass is 32.1. The minimum absolute atomic E-state index is 0.824. The number of nitrogens with zero attached hydrogens (tertiary/aromatic N) is 1.